The standard InChI is InChI=1S/C11H12O2/c1-3-7-10(4-2)8-5-6-9-11(12)13/h3-9H,1-2H2,(H,12,13)/b8-5+,9-6+,10-7+. The molecule has 0 atom stereocenters. The largest absolute Gasteiger partial charge is 0.478 e. The van der Waals surface area contributed by atoms with E-state index in [1.165, 1.54) is 6.08 Å². The van der Waals surface area contributed by atoms with Gasteiger partial charge in [0, 0.05) is 6.08 Å². The Bertz CT molecular complexity index is 280. The first-order valence-electron chi connectivity index (χ1n) is 3.73. The summed E-state index contributed by atoms with van der Waals surface area (Å²) >= 11 is 0. The molecule has 1 N–H and O–H groups in total. The third kappa shape index (κ3) is 6.56. The molecule has 0 aliphatic carbocycles. The van der Waals surface area contributed by atoms with Crippen LogP contribution in [0.15, 0.2) is 61.3 Å². The molecule has 0 saturated heterocycles. The van der Waals surface area contributed by atoms with Crippen LogP contribution in [0.5, 0.6) is 0 Å². The molecule has 2 nitrogen and oxygen atoms in total. The van der Waals surface area contributed by atoms with Crippen LogP contribution in [0, 0.1) is 0 Å². The van der Waals surface area contributed by atoms with Gasteiger partial charge in [0.05, 0.1) is 0 Å². The Kier molecular flexibility index (Phi) is 5.89. The molecule has 0 aliphatic heterocycles. The Morgan fingerprint density at radius 1 is 1.15 bits per heavy atom. The van der Waals surface area contributed by atoms with Gasteiger partial charge in [-0.05, 0) is 5.57 Å². The van der Waals surface area contributed by atoms with E-state index in [1.54, 1.807) is 30.4 Å². The lowest BCUT2D eigenvalue weighted by molar-refractivity contribution is -0.131. The Balaban J connectivity index is 4.24. The van der Waals surface area contributed by atoms with E-state index in [2.05, 4.69) is 13.2 Å². The van der Waals surface area contributed by atoms with E-state index in [0.29, 0.717) is 0 Å². The molecule has 0 aliphatic rings. The van der Waals surface area contributed by atoms with Crippen molar-refractivity contribution >= 4 is 5.97 Å². The zero-order valence-corrected chi connectivity index (χ0v) is 7.31. The van der Waals surface area contributed by atoms with Gasteiger partial charge >= 0.3 is 5.97 Å². The first kappa shape index (κ1) is 11.2. The molecule has 0 radical (unpaired) electrons. The number of rotatable bonds is 5. The molecule has 0 aromatic heterocycles. The monoisotopic (exact) mass is 176 g/mol. The van der Waals surface area contributed by atoms with Crippen LogP contribution in [-0.4, -0.2) is 11.1 Å². The van der Waals surface area contributed by atoms with Crippen LogP contribution in [0.2, 0.25) is 0 Å². The highest BCUT2D eigenvalue weighted by Crippen LogP contribution is 1.98. The average Bonchev–Trinajstić information content (AvgIpc) is 2.10. The second-order valence-corrected chi connectivity index (χ2v) is 2.16. The lowest BCUT2D eigenvalue weighted by atomic mass is 10.2. The molecule has 0 rings (SSSR count). The van der Waals surface area contributed by atoms with E-state index < -0.39 is 5.97 Å². The van der Waals surface area contributed by atoms with Crippen molar-refractivity contribution in [1.82, 2.24) is 0 Å². The van der Waals surface area contributed by atoms with Crippen molar-refractivity contribution in [3.8, 4) is 0 Å². The minimum atomic E-state index is -0.961. The maximum absolute atomic E-state index is 10.1. The third-order valence-electron chi connectivity index (χ3n) is 1.18. The fraction of sp³-hybridized carbons (Fsp3) is 0. The summed E-state index contributed by atoms with van der Waals surface area (Å²) in [4.78, 5) is 10.1. The summed E-state index contributed by atoms with van der Waals surface area (Å²) in [6.45, 7) is 7.12. The van der Waals surface area contributed by atoms with Crippen molar-refractivity contribution in [3.63, 3.8) is 0 Å². The number of allylic oxidation sites excluding steroid dienone is 7. The number of hydrogen-bond acceptors (Lipinski definition) is 1. The van der Waals surface area contributed by atoms with Crippen molar-refractivity contribution in [1.29, 1.82) is 0 Å². The minimum Gasteiger partial charge on any atom is -0.478 e. The fourth-order valence-corrected chi connectivity index (χ4v) is 0.632. The average molecular weight is 176 g/mol. The number of carboxylic acid groups (broad SMARTS) is 1. The first-order chi connectivity index (χ1) is 6.20. The summed E-state index contributed by atoms with van der Waals surface area (Å²) in [5, 5.41) is 8.27. The number of carboxylic acids is 1. The van der Waals surface area contributed by atoms with E-state index >= 15 is 0 Å². The van der Waals surface area contributed by atoms with Gasteiger partial charge in [0.25, 0.3) is 0 Å². The highest BCUT2D eigenvalue weighted by molar-refractivity contribution is 5.80. The third-order valence-corrected chi connectivity index (χ3v) is 1.18. The molecule has 0 amide bonds. The van der Waals surface area contributed by atoms with Gasteiger partial charge in [0.1, 0.15) is 0 Å². The van der Waals surface area contributed by atoms with Crippen molar-refractivity contribution < 1.29 is 9.90 Å². The summed E-state index contributed by atoms with van der Waals surface area (Å²) in [7, 11) is 0. The molecule has 0 aromatic carbocycles. The van der Waals surface area contributed by atoms with Gasteiger partial charge in [0.2, 0.25) is 0 Å². The topological polar surface area (TPSA) is 37.3 Å². The number of carbonyl (C=O) groups is 1. The smallest absolute Gasteiger partial charge is 0.328 e. The maximum Gasteiger partial charge on any atom is 0.328 e. The van der Waals surface area contributed by atoms with Crippen molar-refractivity contribution in [2.24, 2.45) is 0 Å². The second kappa shape index (κ2) is 6.85. The zero-order valence-electron chi connectivity index (χ0n) is 7.31. The summed E-state index contributed by atoms with van der Waals surface area (Å²) in [6, 6.07) is 0. The van der Waals surface area contributed by atoms with Crippen LogP contribution in [0.3, 0.4) is 0 Å². The van der Waals surface area contributed by atoms with Gasteiger partial charge in [-0.15, -0.1) is 0 Å². The predicted molar refractivity (Wildman–Crippen MR) is 54.4 cm³/mol. The molecular weight excluding hydrogens is 164 g/mol. The molecule has 68 valence electrons. The highest BCUT2D eigenvalue weighted by Gasteiger charge is 1.82. The number of hydrogen-bond donors (Lipinski definition) is 1. The summed E-state index contributed by atoms with van der Waals surface area (Å²) in [5.41, 5.74) is 0.880. The summed E-state index contributed by atoms with van der Waals surface area (Å²) in [6.07, 6.45) is 11.0. The molecule has 0 spiro atoms. The fourth-order valence-electron chi connectivity index (χ4n) is 0.632. The Morgan fingerprint density at radius 3 is 2.23 bits per heavy atom. The van der Waals surface area contributed by atoms with E-state index in [4.69, 9.17) is 5.11 Å². The lowest BCUT2D eigenvalue weighted by Gasteiger charge is -1.87. The van der Waals surface area contributed by atoms with E-state index in [9.17, 15) is 4.79 Å². The van der Waals surface area contributed by atoms with Crippen molar-refractivity contribution in [2.45, 2.75) is 0 Å². The predicted octanol–water partition coefficient (Wildman–Crippen LogP) is 2.48. The molecule has 0 bridgehead atoms. The SMILES string of the molecule is C=C/C=C(C=C)/C=C/C=C/C(=O)O. The molecule has 0 aromatic rings. The van der Waals surface area contributed by atoms with Crippen LogP contribution >= 0.6 is 0 Å². The van der Waals surface area contributed by atoms with Gasteiger partial charge in [-0.3, -0.25) is 0 Å². The lowest BCUT2D eigenvalue weighted by Crippen LogP contribution is -1.84. The molecule has 0 unspecified atom stereocenters. The van der Waals surface area contributed by atoms with Gasteiger partial charge in [-0.25, -0.2) is 4.79 Å². The Hall–Kier alpha value is -1.83. The molecular formula is C11H12O2. The quantitative estimate of drug-likeness (QED) is 0.516. The molecule has 13 heavy (non-hydrogen) atoms. The van der Waals surface area contributed by atoms with Crippen LogP contribution in [-0.2, 0) is 4.79 Å². The maximum atomic E-state index is 10.1. The van der Waals surface area contributed by atoms with E-state index in [0.717, 1.165) is 11.6 Å². The Morgan fingerprint density at radius 2 is 1.77 bits per heavy atom. The molecule has 0 saturated carbocycles. The highest BCUT2D eigenvalue weighted by atomic mass is 16.4. The Labute approximate surface area is 77.9 Å². The van der Waals surface area contributed by atoms with Crippen LogP contribution in [0.25, 0.3) is 0 Å². The molecule has 2 heteroatoms. The van der Waals surface area contributed by atoms with Gasteiger partial charge in [-0.1, -0.05) is 49.6 Å². The van der Waals surface area contributed by atoms with Gasteiger partial charge in [0.15, 0.2) is 0 Å². The van der Waals surface area contributed by atoms with Gasteiger partial charge in [-0.2, -0.15) is 0 Å². The number of aliphatic carboxylic acids is 1. The van der Waals surface area contributed by atoms with Gasteiger partial charge < -0.3 is 5.11 Å². The van der Waals surface area contributed by atoms with Crippen LogP contribution in [0.4, 0.5) is 0 Å². The van der Waals surface area contributed by atoms with E-state index in [-0.39, 0.29) is 0 Å². The van der Waals surface area contributed by atoms with Crippen LogP contribution < -0.4 is 0 Å². The molecule has 0 fully saturated rings. The minimum absolute atomic E-state index is 0.880. The van der Waals surface area contributed by atoms with Crippen molar-refractivity contribution in [3.05, 3.63) is 61.3 Å². The second-order valence-electron chi connectivity index (χ2n) is 2.16. The van der Waals surface area contributed by atoms with E-state index in [1.807, 2.05) is 0 Å². The summed E-state index contributed by atoms with van der Waals surface area (Å²) < 4.78 is 0. The molecule has 0 heterocycles. The zero-order chi connectivity index (χ0) is 10.1. The normalized spacial score (nSPS) is 12.2. The first-order valence-corrected chi connectivity index (χ1v) is 3.73. The summed E-state index contributed by atoms with van der Waals surface area (Å²) in [5.74, 6) is -0.961. The van der Waals surface area contributed by atoms with Crippen molar-refractivity contribution in [2.75, 3.05) is 0 Å². The van der Waals surface area contributed by atoms with Crippen LogP contribution in [0.1, 0.15) is 0 Å².